The maximum absolute atomic E-state index is 4.45. The summed E-state index contributed by atoms with van der Waals surface area (Å²) in [5, 5.41) is 2.06. The second-order valence-corrected chi connectivity index (χ2v) is 6.07. The summed E-state index contributed by atoms with van der Waals surface area (Å²) < 4.78 is 0.919. The standard InChI is InChI=1S/C15H10BrNS/c16-15-17-14(10-18-15)13-8-4-7-12(9-13)11-5-2-1-3-6-11/h1-10H. The molecule has 0 bridgehead atoms. The molecule has 0 aliphatic heterocycles. The Bertz CT molecular complexity index is 661. The average Bonchev–Trinajstić information content (AvgIpc) is 2.87. The lowest BCUT2D eigenvalue weighted by molar-refractivity contribution is 1.37. The summed E-state index contributed by atoms with van der Waals surface area (Å²) in [6, 6.07) is 18.9. The predicted octanol–water partition coefficient (Wildman–Crippen LogP) is 5.24. The van der Waals surface area contributed by atoms with Crippen molar-refractivity contribution in [3.8, 4) is 22.4 Å². The molecule has 0 aliphatic rings. The van der Waals surface area contributed by atoms with Crippen molar-refractivity contribution in [1.29, 1.82) is 0 Å². The molecule has 1 nitrogen and oxygen atoms in total. The summed E-state index contributed by atoms with van der Waals surface area (Å²) in [4.78, 5) is 4.45. The highest BCUT2D eigenvalue weighted by Crippen LogP contribution is 2.28. The predicted molar refractivity (Wildman–Crippen MR) is 80.7 cm³/mol. The van der Waals surface area contributed by atoms with Crippen LogP contribution in [0.4, 0.5) is 0 Å². The van der Waals surface area contributed by atoms with E-state index in [4.69, 9.17) is 0 Å². The minimum absolute atomic E-state index is 0.919. The minimum Gasteiger partial charge on any atom is -0.229 e. The third-order valence-corrected chi connectivity index (χ3v) is 4.11. The summed E-state index contributed by atoms with van der Waals surface area (Å²) in [5.41, 5.74) is 4.62. The molecule has 0 fully saturated rings. The number of hydrogen-bond donors (Lipinski definition) is 0. The Morgan fingerprint density at radius 3 is 2.28 bits per heavy atom. The van der Waals surface area contributed by atoms with Crippen LogP contribution in [0.2, 0.25) is 0 Å². The normalized spacial score (nSPS) is 10.5. The van der Waals surface area contributed by atoms with Crippen LogP contribution in [0.1, 0.15) is 0 Å². The Morgan fingerprint density at radius 2 is 1.56 bits per heavy atom. The lowest BCUT2D eigenvalue weighted by atomic mass is 10.0. The Kier molecular flexibility index (Phi) is 3.26. The summed E-state index contributed by atoms with van der Waals surface area (Å²) in [6.07, 6.45) is 0. The molecule has 1 heterocycles. The highest BCUT2D eigenvalue weighted by Gasteiger charge is 2.04. The fourth-order valence-corrected chi connectivity index (χ4v) is 2.89. The molecule has 1 aromatic heterocycles. The fraction of sp³-hybridized carbons (Fsp3) is 0. The second-order valence-electron chi connectivity index (χ2n) is 3.93. The molecular formula is C15H10BrNS. The van der Waals surface area contributed by atoms with Gasteiger partial charge in [-0.25, -0.2) is 4.98 Å². The van der Waals surface area contributed by atoms with Crippen LogP contribution in [0.3, 0.4) is 0 Å². The third-order valence-electron chi connectivity index (χ3n) is 2.74. The molecule has 3 heteroatoms. The zero-order valence-electron chi connectivity index (χ0n) is 9.51. The maximum Gasteiger partial charge on any atom is 0.159 e. The van der Waals surface area contributed by atoms with Crippen LogP contribution in [0.5, 0.6) is 0 Å². The summed E-state index contributed by atoms with van der Waals surface area (Å²) in [5.74, 6) is 0. The van der Waals surface area contributed by atoms with Gasteiger partial charge in [-0.05, 0) is 33.1 Å². The van der Waals surface area contributed by atoms with Gasteiger partial charge < -0.3 is 0 Å². The first kappa shape index (κ1) is 11.6. The van der Waals surface area contributed by atoms with Gasteiger partial charge in [0.1, 0.15) is 0 Å². The van der Waals surface area contributed by atoms with E-state index in [9.17, 15) is 0 Å². The number of aromatic nitrogens is 1. The van der Waals surface area contributed by atoms with E-state index in [-0.39, 0.29) is 0 Å². The molecule has 0 atom stereocenters. The van der Waals surface area contributed by atoms with E-state index in [0.717, 1.165) is 15.2 Å². The van der Waals surface area contributed by atoms with Crippen molar-refractivity contribution in [3.05, 3.63) is 63.9 Å². The number of benzene rings is 2. The number of hydrogen-bond acceptors (Lipinski definition) is 2. The molecule has 88 valence electrons. The van der Waals surface area contributed by atoms with Gasteiger partial charge in [-0.15, -0.1) is 11.3 Å². The molecule has 0 saturated heterocycles. The Hall–Kier alpha value is -1.45. The first-order valence-electron chi connectivity index (χ1n) is 5.60. The van der Waals surface area contributed by atoms with Crippen LogP contribution < -0.4 is 0 Å². The lowest BCUT2D eigenvalue weighted by Gasteiger charge is -2.03. The molecule has 0 saturated carbocycles. The van der Waals surface area contributed by atoms with E-state index in [1.165, 1.54) is 11.1 Å². The van der Waals surface area contributed by atoms with Gasteiger partial charge >= 0.3 is 0 Å². The van der Waals surface area contributed by atoms with Crippen LogP contribution in [-0.4, -0.2) is 4.98 Å². The van der Waals surface area contributed by atoms with Crippen molar-refractivity contribution < 1.29 is 0 Å². The van der Waals surface area contributed by atoms with Gasteiger partial charge in [0.05, 0.1) is 5.69 Å². The zero-order valence-corrected chi connectivity index (χ0v) is 11.9. The van der Waals surface area contributed by atoms with Gasteiger partial charge in [-0.1, -0.05) is 48.5 Å². The zero-order chi connectivity index (χ0) is 12.4. The Morgan fingerprint density at radius 1 is 0.833 bits per heavy atom. The molecule has 3 rings (SSSR count). The van der Waals surface area contributed by atoms with E-state index < -0.39 is 0 Å². The van der Waals surface area contributed by atoms with E-state index in [0.29, 0.717) is 0 Å². The van der Waals surface area contributed by atoms with Gasteiger partial charge in [0, 0.05) is 10.9 Å². The molecule has 0 spiro atoms. The fourth-order valence-electron chi connectivity index (χ4n) is 1.87. The van der Waals surface area contributed by atoms with E-state index in [1.807, 2.05) is 6.07 Å². The Balaban J connectivity index is 2.05. The van der Waals surface area contributed by atoms with Crippen molar-refractivity contribution in [1.82, 2.24) is 4.98 Å². The topological polar surface area (TPSA) is 12.9 Å². The van der Waals surface area contributed by atoms with Crippen LogP contribution >= 0.6 is 27.3 Å². The lowest BCUT2D eigenvalue weighted by Crippen LogP contribution is -1.81. The van der Waals surface area contributed by atoms with Gasteiger partial charge in [0.2, 0.25) is 0 Å². The third kappa shape index (κ3) is 2.37. The van der Waals surface area contributed by atoms with Crippen LogP contribution in [0.25, 0.3) is 22.4 Å². The van der Waals surface area contributed by atoms with Gasteiger partial charge in [-0.3, -0.25) is 0 Å². The van der Waals surface area contributed by atoms with Crippen LogP contribution in [0, 0.1) is 0 Å². The van der Waals surface area contributed by atoms with Crippen LogP contribution in [-0.2, 0) is 0 Å². The quantitative estimate of drug-likeness (QED) is 0.630. The molecular weight excluding hydrogens is 306 g/mol. The van der Waals surface area contributed by atoms with E-state index >= 15 is 0 Å². The van der Waals surface area contributed by atoms with Crippen LogP contribution in [0.15, 0.2) is 63.9 Å². The molecule has 0 N–H and O–H groups in total. The molecule has 0 radical (unpaired) electrons. The first-order valence-corrected chi connectivity index (χ1v) is 7.27. The molecule has 0 amide bonds. The van der Waals surface area contributed by atoms with Crippen molar-refractivity contribution in [3.63, 3.8) is 0 Å². The van der Waals surface area contributed by atoms with Crippen molar-refractivity contribution in [2.45, 2.75) is 0 Å². The largest absolute Gasteiger partial charge is 0.229 e. The molecule has 3 aromatic rings. The maximum atomic E-state index is 4.45. The summed E-state index contributed by atoms with van der Waals surface area (Å²) in [7, 11) is 0. The highest BCUT2D eigenvalue weighted by atomic mass is 79.9. The number of thiazole rings is 1. The van der Waals surface area contributed by atoms with E-state index in [2.05, 4.69) is 74.8 Å². The van der Waals surface area contributed by atoms with Crippen molar-refractivity contribution >= 4 is 27.3 Å². The summed E-state index contributed by atoms with van der Waals surface area (Å²) in [6.45, 7) is 0. The molecule has 18 heavy (non-hydrogen) atoms. The second kappa shape index (κ2) is 5.04. The molecule has 0 aliphatic carbocycles. The molecule has 2 aromatic carbocycles. The molecule has 0 unspecified atom stereocenters. The minimum atomic E-state index is 0.919. The monoisotopic (exact) mass is 315 g/mol. The average molecular weight is 316 g/mol. The Labute approximate surface area is 118 Å². The first-order chi connectivity index (χ1) is 8.83. The van der Waals surface area contributed by atoms with Gasteiger partial charge in [0.15, 0.2) is 3.92 Å². The smallest absolute Gasteiger partial charge is 0.159 e. The number of rotatable bonds is 2. The summed E-state index contributed by atoms with van der Waals surface area (Å²) >= 11 is 5.01. The van der Waals surface area contributed by atoms with Gasteiger partial charge in [0.25, 0.3) is 0 Å². The highest BCUT2D eigenvalue weighted by molar-refractivity contribution is 9.11. The van der Waals surface area contributed by atoms with Gasteiger partial charge in [-0.2, -0.15) is 0 Å². The van der Waals surface area contributed by atoms with E-state index in [1.54, 1.807) is 11.3 Å². The number of halogens is 1. The van der Waals surface area contributed by atoms with Crippen molar-refractivity contribution in [2.24, 2.45) is 0 Å². The van der Waals surface area contributed by atoms with Crippen molar-refractivity contribution in [2.75, 3.05) is 0 Å². The SMILES string of the molecule is Brc1nc(-c2cccc(-c3ccccc3)c2)cs1. The number of nitrogens with zero attached hydrogens (tertiary/aromatic N) is 1.